The molecular formula is C21H25N3O2S2. The van der Waals surface area contributed by atoms with E-state index >= 15 is 0 Å². The van der Waals surface area contributed by atoms with Crippen molar-refractivity contribution in [3.8, 4) is 0 Å². The Labute approximate surface area is 173 Å². The van der Waals surface area contributed by atoms with Gasteiger partial charge in [0.05, 0.1) is 11.1 Å². The molecule has 0 radical (unpaired) electrons. The lowest BCUT2D eigenvalue weighted by Crippen LogP contribution is -2.12. The number of fused-ring (bicyclic) bond motifs is 1. The Morgan fingerprint density at radius 1 is 1.32 bits per heavy atom. The average molecular weight is 416 g/mol. The van der Waals surface area contributed by atoms with Crippen molar-refractivity contribution in [3.63, 3.8) is 0 Å². The number of carbonyl (C=O) groups excluding carboxylic acids is 1. The molecule has 0 saturated heterocycles. The number of aromatic amines is 1. The van der Waals surface area contributed by atoms with E-state index in [4.69, 9.17) is 4.98 Å². The fraction of sp³-hybridized carbons (Fsp3) is 0.381. The van der Waals surface area contributed by atoms with Gasteiger partial charge in [-0.2, -0.15) is 0 Å². The highest BCUT2D eigenvalue weighted by molar-refractivity contribution is 7.98. The molecule has 148 valence electrons. The van der Waals surface area contributed by atoms with Crippen LogP contribution in [0.25, 0.3) is 10.2 Å². The normalized spacial score (nSPS) is 12.3. The number of H-pyrrole nitrogens is 1. The summed E-state index contributed by atoms with van der Waals surface area (Å²) in [6, 6.07) is 7.64. The van der Waals surface area contributed by atoms with Gasteiger partial charge in [-0.25, -0.2) is 4.98 Å². The molecule has 0 bridgehead atoms. The van der Waals surface area contributed by atoms with Gasteiger partial charge in [0, 0.05) is 22.4 Å². The summed E-state index contributed by atoms with van der Waals surface area (Å²) in [5.74, 6) is 1.73. The van der Waals surface area contributed by atoms with Crippen molar-refractivity contribution in [2.45, 2.75) is 51.2 Å². The maximum atomic E-state index is 12.7. The molecule has 0 unspecified atom stereocenters. The molecule has 3 aromatic rings. The zero-order valence-electron chi connectivity index (χ0n) is 16.6. The van der Waals surface area contributed by atoms with Crippen molar-refractivity contribution in [1.82, 2.24) is 9.97 Å². The Balaban J connectivity index is 1.77. The van der Waals surface area contributed by atoms with Gasteiger partial charge in [-0.15, -0.1) is 23.1 Å². The summed E-state index contributed by atoms with van der Waals surface area (Å²) < 4.78 is 0. The van der Waals surface area contributed by atoms with Gasteiger partial charge in [0.25, 0.3) is 5.56 Å². The number of benzene rings is 1. The number of aromatic nitrogens is 2. The van der Waals surface area contributed by atoms with Gasteiger partial charge in [-0.1, -0.05) is 20.3 Å². The van der Waals surface area contributed by atoms with E-state index < -0.39 is 0 Å². The first-order valence-corrected chi connectivity index (χ1v) is 11.2. The number of rotatable bonds is 7. The molecule has 1 aromatic carbocycles. The molecular weight excluding hydrogens is 390 g/mol. The van der Waals surface area contributed by atoms with Crippen LogP contribution in [0.5, 0.6) is 0 Å². The van der Waals surface area contributed by atoms with Crippen molar-refractivity contribution in [3.05, 3.63) is 50.9 Å². The third kappa shape index (κ3) is 4.83. The first-order chi connectivity index (χ1) is 13.4. The minimum absolute atomic E-state index is 0.0377. The largest absolute Gasteiger partial charge is 0.326 e. The van der Waals surface area contributed by atoms with Crippen molar-refractivity contribution >= 4 is 44.9 Å². The summed E-state index contributed by atoms with van der Waals surface area (Å²) >= 11 is 3.21. The van der Waals surface area contributed by atoms with Gasteiger partial charge in [0.15, 0.2) is 0 Å². The van der Waals surface area contributed by atoms with Gasteiger partial charge < -0.3 is 10.3 Å². The van der Waals surface area contributed by atoms with Crippen LogP contribution in [0.2, 0.25) is 0 Å². The van der Waals surface area contributed by atoms with Gasteiger partial charge in [-0.05, 0) is 49.1 Å². The predicted octanol–water partition coefficient (Wildman–Crippen LogP) is 5.13. The third-order valence-corrected chi connectivity index (χ3v) is 6.78. The molecule has 0 spiro atoms. The molecule has 0 aliphatic heterocycles. The van der Waals surface area contributed by atoms with Crippen molar-refractivity contribution in [2.24, 2.45) is 5.92 Å². The Morgan fingerprint density at radius 2 is 2.04 bits per heavy atom. The molecule has 2 heterocycles. The topological polar surface area (TPSA) is 74.8 Å². The Morgan fingerprint density at radius 3 is 2.68 bits per heavy atom. The van der Waals surface area contributed by atoms with Gasteiger partial charge in [-0.3, -0.25) is 9.59 Å². The fourth-order valence-electron chi connectivity index (χ4n) is 3.02. The lowest BCUT2D eigenvalue weighted by atomic mass is 9.98. The van der Waals surface area contributed by atoms with Gasteiger partial charge >= 0.3 is 0 Å². The minimum Gasteiger partial charge on any atom is -0.326 e. The van der Waals surface area contributed by atoms with Crippen LogP contribution in [-0.4, -0.2) is 15.9 Å². The maximum Gasteiger partial charge on any atom is 0.259 e. The molecule has 0 aliphatic rings. The summed E-state index contributed by atoms with van der Waals surface area (Å²) in [4.78, 5) is 34.6. The quantitative estimate of drug-likeness (QED) is 0.525. The molecule has 3 rings (SSSR count). The lowest BCUT2D eigenvalue weighted by Gasteiger charge is -2.08. The predicted molar refractivity (Wildman–Crippen MR) is 118 cm³/mol. The molecule has 2 N–H and O–H groups in total. The van der Waals surface area contributed by atoms with Crippen LogP contribution in [0.1, 0.15) is 43.5 Å². The maximum absolute atomic E-state index is 12.7. The van der Waals surface area contributed by atoms with E-state index in [0.29, 0.717) is 17.5 Å². The second-order valence-electron chi connectivity index (χ2n) is 7.04. The molecule has 1 amide bonds. The molecule has 28 heavy (non-hydrogen) atoms. The van der Waals surface area contributed by atoms with Crippen LogP contribution in [-0.2, 0) is 17.0 Å². The summed E-state index contributed by atoms with van der Waals surface area (Å²) in [7, 11) is 0. The van der Waals surface area contributed by atoms with E-state index in [1.165, 1.54) is 11.8 Å². The van der Waals surface area contributed by atoms with Crippen molar-refractivity contribution in [1.29, 1.82) is 0 Å². The molecule has 2 aromatic heterocycles. The number of nitrogens with one attached hydrogen (secondary N) is 2. The summed E-state index contributed by atoms with van der Waals surface area (Å²) in [6.45, 7) is 7.96. The highest BCUT2D eigenvalue weighted by Gasteiger charge is 2.16. The number of hydrogen-bond donors (Lipinski definition) is 2. The Bertz CT molecular complexity index is 1040. The first kappa shape index (κ1) is 20.6. The monoisotopic (exact) mass is 415 g/mol. The number of anilines is 1. The molecule has 0 aliphatic carbocycles. The smallest absolute Gasteiger partial charge is 0.259 e. The summed E-state index contributed by atoms with van der Waals surface area (Å²) in [5.41, 5.74) is 1.88. The number of aryl methyl sites for hydroxylation is 1. The van der Waals surface area contributed by atoms with Gasteiger partial charge in [0.1, 0.15) is 10.7 Å². The van der Waals surface area contributed by atoms with E-state index in [-0.39, 0.29) is 11.5 Å². The van der Waals surface area contributed by atoms with E-state index in [2.05, 4.69) is 31.1 Å². The van der Waals surface area contributed by atoms with E-state index in [0.717, 1.165) is 39.2 Å². The van der Waals surface area contributed by atoms with Crippen LogP contribution in [0, 0.1) is 12.8 Å². The number of amides is 1. The van der Waals surface area contributed by atoms with Crippen LogP contribution in [0.15, 0.2) is 34.0 Å². The third-order valence-electron chi connectivity index (χ3n) is 4.71. The summed E-state index contributed by atoms with van der Waals surface area (Å²) in [6.07, 6.45) is 2.01. The Hall–Kier alpha value is -2.12. The number of hydrogen-bond acceptors (Lipinski definition) is 5. The molecule has 7 heteroatoms. The van der Waals surface area contributed by atoms with E-state index in [1.807, 2.05) is 24.3 Å². The highest BCUT2D eigenvalue weighted by atomic mass is 32.2. The second kappa shape index (κ2) is 8.92. The first-order valence-electron chi connectivity index (χ1n) is 9.39. The SMILES string of the molecule is CC[C@@H](C)Cc1c(C)sc2nc(CSc3ccc(NC(C)=O)cc3)[nH]c(=O)c12. The van der Waals surface area contributed by atoms with Crippen molar-refractivity contribution < 1.29 is 4.79 Å². The lowest BCUT2D eigenvalue weighted by molar-refractivity contribution is -0.114. The highest BCUT2D eigenvalue weighted by Crippen LogP contribution is 2.30. The van der Waals surface area contributed by atoms with Crippen LogP contribution in [0.3, 0.4) is 0 Å². The molecule has 0 fully saturated rings. The standard InChI is InChI=1S/C21H25N3O2S2/c1-5-12(2)10-17-13(3)28-21-19(17)20(26)23-18(24-21)11-27-16-8-6-15(7-9-16)22-14(4)25/h6-9,12H,5,10-11H2,1-4H3,(H,22,25)(H,23,24,26)/t12-/m1/s1. The number of thiophene rings is 1. The van der Waals surface area contributed by atoms with Crippen LogP contribution in [0.4, 0.5) is 5.69 Å². The average Bonchev–Trinajstić information content (AvgIpc) is 2.96. The second-order valence-corrected chi connectivity index (χ2v) is 9.29. The Kier molecular flexibility index (Phi) is 6.57. The number of nitrogens with zero attached hydrogens (tertiary/aromatic N) is 1. The van der Waals surface area contributed by atoms with E-state index in [1.54, 1.807) is 23.1 Å². The van der Waals surface area contributed by atoms with Gasteiger partial charge in [0.2, 0.25) is 5.91 Å². The molecule has 0 saturated carbocycles. The zero-order chi connectivity index (χ0) is 20.3. The molecule has 5 nitrogen and oxygen atoms in total. The van der Waals surface area contributed by atoms with Crippen LogP contribution < -0.4 is 10.9 Å². The van der Waals surface area contributed by atoms with Crippen LogP contribution >= 0.6 is 23.1 Å². The van der Waals surface area contributed by atoms with E-state index in [9.17, 15) is 9.59 Å². The molecule has 1 atom stereocenters. The van der Waals surface area contributed by atoms with Crippen molar-refractivity contribution in [2.75, 3.05) is 5.32 Å². The minimum atomic E-state index is -0.0885. The summed E-state index contributed by atoms with van der Waals surface area (Å²) in [5, 5.41) is 3.51. The number of thioether (sulfide) groups is 1. The number of carbonyl (C=O) groups is 1. The zero-order valence-corrected chi connectivity index (χ0v) is 18.2. The fourth-order valence-corrected chi connectivity index (χ4v) is 4.86.